The first kappa shape index (κ1) is 28.2. The van der Waals surface area contributed by atoms with Gasteiger partial charge < -0.3 is 0 Å². The van der Waals surface area contributed by atoms with Gasteiger partial charge in [0.05, 0.1) is 31.2 Å². The number of hydrogen-bond donors (Lipinski definition) is 0. The average Bonchev–Trinajstić information content (AvgIpc) is 2.77. The number of benzene rings is 3. The van der Waals surface area contributed by atoms with Crippen molar-refractivity contribution in [1.82, 2.24) is 0 Å². The van der Waals surface area contributed by atoms with Gasteiger partial charge in [-0.3, -0.25) is 9.59 Å². The maximum Gasteiger partial charge on any atom is 0.270 e. The van der Waals surface area contributed by atoms with Gasteiger partial charge in [0.15, 0.2) is 0 Å². The molecule has 0 aliphatic rings. The third kappa shape index (κ3) is 5.49. The Hall–Kier alpha value is -2.34. The molecule has 0 unspecified atom stereocenters. The summed E-state index contributed by atoms with van der Waals surface area (Å²) in [5.41, 5.74) is -0.694. The number of carbonyl (C=O) groups is 2. The maximum atomic E-state index is 13.2. The molecule has 0 saturated heterocycles. The summed E-state index contributed by atoms with van der Waals surface area (Å²) in [6, 6.07) is 12.1. The average molecular weight is 610 g/mol. The smallest absolute Gasteiger partial charge is 0.270 e. The van der Waals surface area contributed by atoms with E-state index in [1.54, 1.807) is 0 Å². The first-order chi connectivity index (χ1) is 16.7. The Morgan fingerprint density at radius 3 is 1.11 bits per heavy atom. The number of hydrogen-bond acceptors (Lipinski definition) is 6. The summed E-state index contributed by atoms with van der Waals surface area (Å²) in [6.07, 6.45) is 0. The van der Waals surface area contributed by atoms with Crippen molar-refractivity contribution in [3.8, 4) is 0 Å². The van der Waals surface area contributed by atoms with Crippen LogP contribution in [0, 0.1) is 0 Å². The standard InChI is InChI=1S/C22H16Cl4N2O6S2/c1-13(29)27(35(31,32)17-7-3-15(23)4-8-17)21-11-20(26)22(12-19(21)25)28(14(2)30)36(33,34)18-9-5-16(24)6-10-18/h3-12H,1-2H3. The summed E-state index contributed by atoms with van der Waals surface area (Å²) in [4.78, 5) is 24.4. The Morgan fingerprint density at radius 2 is 0.861 bits per heavy atom. The van der Waals surface area contributed by atoms with Gasteiger partial charge in [-0.2, -0.15) is 0 Å². The lowest BCUT2D eigenvalue weighted by Gasteiger charge is -2.26. The fourth-order valence-corrected chi connectivity index (χ4v) is 6.91. The van der Waals surface area contributed by atoms with Crippen molar-refractivity contribution in [2.75, 3.05) is 8.61 Å². The molecule has 3 aromatic rings. The van der Waals surface area contributed by atoms with E-state index in [4.69, 9.17) is 46.4 Å². The Labute approximate surface area is 228 Å². The van der Waals surface area contributed by atoms with Crippen molar-refractivity contribution >= 4 is 89.6 Å². The number of sulfonamides is 2. The molecular formula is C22H16Cl4N2O6S2. The molecule has 3 aromatic carbocycles. The van der Waals surface area contributed by atoms with Crippen molar-refractivity contribution in [3.05, 3.63) is 80.8 Å². The monoisotopic (exact) mass is 608 g/mol. The van der Waals surface area contributed by atoms with Crippen LogP contribution in [0.25, 0.3) is 0 Å². The van der Waals surface area contributed by atoms with Crippen LogP contribution in [-0.4, -0.2) is 28.6 Å². The normalized spacial score (nSPS) is 11.7. The second-order valence-corrected chi connectivity index (χ2v) is 12.5. The molecule has 3 rings (SSSR count). The minimum absolute atomic E-state index is 0.256. The second kappa shape index (κ2) is 10.6. The summed E-state index contributed by atoms with van der Waals surface area (Å²) in [6.45, 7) is 2.00. The molecule has 0 fully saturated rings. The molecule has 2 amide bonds. The molecule has 36 heavy (non-hydrogen) atoms. The number of rotatable bonds is 6. The molecule has 0 aliphatic carbocycles. The highest BCUT2D eigenvalue weighted by molar-refractivity contribution is 7.94. The van der Waals surface area contributed by atoms with E-state index < -0.39 is 31.9 Å². The maximum absolute atomic E-state index is 13.2. The minimum Gasteiger partial charge on any atom is -0.274 e. The van der Waals surface area contributed by atoms with E-state index in [2.05, 4.69) is 0 Å². The topological polar surface area (TPSA) is 109 Å². The van der Waals surface area contributed by atoms with E-state index >= 15 is 0 Å². The lowest BCUT2D eigenvalue weighted by Crippen LogP contribution is -2.37. The number of carbonyl (C=O) groups excluding carboxylic acids is 2. The number of halogens is 4. The molecule has 0 spiro atoms. The van der Waals surface area contributed by atoms with Crippen molar-refractivity contribution in [2.45, 2.75) is 23.6 Å². The molecule has 0 heterocycles. The molecule has 0 bridgehead atoms. The van der Waals surface area contributed by atoms with Crippen molar-refractivity contribution < 1.29 is 26.4 Å². The van der Waals surface area contributed by atoms with Crippen LogP contribution in [-0.2, 0) is 29.6 Å². The van der Waals surface area contributed by atoms with Crippen molar-refractivity contribution in [2.24, 2.45) is 0 Å². The third-order valence-corrected chi connectivity index (χ3v) is 9.44. The second-order valence-electron chi connectivity index (χ2n) is 7.24. The van der Waals surface area contributed by atoms with Crippen LogP contribution >= 0.6 is 46.4 Å². The van der Waals surface area contributed by atoms with E-state index in [0.717, 1.165) is 26.0 Å². The SMILES string of the molecule is CC(=O)N(c1cc(Cl)c(N(C(C)=O)S(=O)(=O)c2ccc(Cl)cc2)cc1Cl)S(=O)(=O)c1ccc(Cl)cc1. The lowest BCUT2D eigenvalue weighted by atomic mass is 10.2. The van der Waals surface area contributed by atoms with E-state index in [0.29, 0.717) is 8.61 Å². The summed E-state index contributed by atoms with van der Waals surface area (Å²) in [5.74, 6) is -1.85. The molecule has 0 N–H and O–H groups in total. The molecule has 0 atom stereocenters. The first-order valence-electron chi connectivity index (χ1n) is 9.80. The van der Waals surface area contributed by atoms with Crippen LogP contribution in [0.5, 0.6) is 0 Å². The Morgan fingerprint density at radius 1 is 0.583 bits per heavy atom. The fourth-order valence-electron chi connectivity index (χ4n) is 3.20. The van der Waals surface area contributed by atoms with E-state index in [-0.39, 0.29) is 41.3 Å². The van der Waals surface area contributed by atoms with Gasteiger partial charge in [0, 0.05) is 23.9 Å². The minimum atomic E-state index is -4.46. The van der Waals surface area contributed by atoms with Crippen LogP contribution in [0.2, 0.25) is 20.1 Å². The van der Waals surface area contributed by atoms with Gasteiger partial charge in [-0.15, -0.1) is 0 Å². The molecule has 190 valence electrons. The number of nitrogens with zero attached hydrogens (tertiary/aromatic N) is 2. The molecular weight excluding hydrogens is 594 g/mol. The summed E-state index contributed by atoms with van der Waals surface area (Å²) in [5, 5.41) is -0.167. The zero-order chi connectivity index (χ0) is 27.0. The zero-order valence-electron chi connectivity index (χ0n) is 18.4. The van der Waals surface area contributed by atoms with E-state index in [9.17, 15) is 26.4 Å². The highest BCUT2D eigenvalue weighted by atomic mass is 35.5. The van der Waals surface area contributed by atoms with Gasteiger partial charge in [0.25, 0.3) is 20.0 Å². The van der Waals surface area contributed by atoms with Gasteiger partial charge in [-0.05, 0) is 60.7 Å². The predicted octanol–water partition coefficient (Wildman–Crippen LogP) is 5.78. The van der Waals surface area contributed by atoms with Gasteiger partial charge in [0.1, 0.15) is 0 Å². The molecule has 0 aromatic heterocycles. The Balaban J connectivity index is 2.18. The first-order valence-corrected chi connectivity index (χ1v) is 14.2. The van der Waals surface area contributed by atoms with Gasteiger partial charge in [0.2, 0.25) is 11.8 Å². The summed E-state index contributed by atoms with van der Waals surface area (Å²) in [7, 11) is -8.93. The Kier molecular flexibility index (Phi) is 8.29. The molecule has 0 saturated carbocycles. The molecule has 0 radical (unpaired) electrons. The lowest BCUT2D eigenvalue weighted by molar-refractivity contribution is -0.116. The van der Waals surface area contributed by atoms with Crippen LogP contribution in [0.15, 0.2) is 70.5 Å². The molecule has 0 aliphatic heterocycles. The van der Waals surface area contributed by atoms with Gasteiger partial charge in [-0.25, -0.2) is 25.4 Å². The van der Waals surface area contributed by atoms with Crippen LogP contribution in [0.3, 0.4) is 0 Å². The third-order valence-electron chi connectivity index (χ3n) is 4.73. The zero-order valence-corrected chi connectivity index (χ0v) is 23.1. The van der Waals surface area contributed by atoms with E-state index in [1.807, 2.05) is 0 Å². The van der Waals surface area contributed by atoms with Gasteiger partial charge in [-0.1, -0.05) is 46.4 Å². The van der Waals surface area contributed by atoms with Crippen molar-refractivity contribution in [3.63, 3.8) is 0 Å². The number of anilines is 2. The van der Waals surface area contributed by atoms with Gasteiger partial charge >= 0.3 is 0 Å². The summed E-state index contributed by atoms with van der Waals surface area (Å²) >= 11 is 24.3. The number of amides is 2. The molecule has 14 heteroatoms. The van der Waals surface area contributed by atoms with E-state index in [1.165, 1.54) is 48.5 Å². The van der Waals surface area contributed by atoms with Crippen LogP contribution in [0.4, 0.5) is 11.4 Å². The highest BCUT2D eigenvalue weighted by Gasteiger charge is 2.34. The fraction of sp³-hybridized carbons (Fsp3) is 0.0909. The predicted molar refractivity (Wildman–Crippen MR) is 140 cm³/mol. The largest absolute Gasteiger partial charge is 0.274 e. The molecule has 8 nitrogen and oxygen atoms in total. The van der Waals surface area contributed by atoms with Crippen LogP contribution in [0.1, 0.15) is 13.8 Å². The summed E-state index contributed by atoms with van der Waals surface area (Å²) < 4.78 is 53.8. The quantitative estimate of drug-likeness (QED) is 0.350. The Bertz CT molecular complexity index is 1440. The van der Waals surface area contributed by atoms with Crippen LogP contribution < -0.4 is 8.61 Å². The van der Waals surface area contributed by atoms with Crippen molar-refractivity contribution in [1.29, 1.82) is 0 Å². The highest BCUT2D eigenvalue weighted by Crippen LogP contribution is 2.40.